The van der Waals surface area contributed by atoms with E-state index in [0.29, 0.717) is 17.8 Å². The van der Waals surface area contributed by atoms with Gasteiger partial charge in [0.05, 0.1) is 11.4 Å². The largest absolute Gasteiger partial charge is 0.382 e. The summed E-state index contributed by atoms with van der Waals surface area (Å²) in [6, 6.07) is 10.2. The van der Waals surface area contributed by atoms with Crippen LogP contribution in [-0.2, 0) is 11.2 Å². The lowest BCUT2D eigenvalue weighted by Crippen LogP contribution is -2.40. The number of guanidine groups is 1. The molecular weight excluding hydrogens is 402 g/mol. The first-order valence-corrected chi connectivity index (χ1v) is 11.4. The van der Waals surface area contributed by atoms with Crippen LogP contribution in [0.25, 0.3) is 5.69 Å². The lowest BCUT2D eigenvalue weighted by molar-refractivity contribution is 0.0625. The van der Waals surface area contributed by atoms with E-state index in [1.54, 1.807) is 4.68 Å². The van der Waals surface area contributed by atoms with E-state index in [-0.39, 0.29) is 0 Å². The third-order valence-corrected chi connectivity index (χ3v) is 6.04. The molecule has 1 aliphatic rings. The van der Waals surface area contributed by atoms with Gasteiger partial charge in [0.1, 0.15) is 17.5 Å². The van der Waals surface area contributed by atoms with Crippen LogP contribution in [-0.4, -0.2) is 61.0 Å². The van der Waals surface area contributed by atoms with E-state index in [4.69, 9.17) is 10.5 Å². The number of hydrogen-bond donors (Lipinski definition) is 2. The summed E-state index contributed by atoms with van der Waals surface area (Å²) in [5.74, 6) is 2.02. The van der Waals surface area contributed by atoms with Gasteiger partial charge in [-0.15, -0.1) is 0 Å². The maximum Gasteiger partial charge on any atom is 0.193 e. The number of hydrogen-bond acceptors (Lipinski definition) is 5. The maximum atomic E-state index is 9.59. The van der Waals surface area contributed by atoms with Gasteiger partial charge in [-0.2, -0.15) is 10.4 Å². The van der Waals surface area contributed by atoms with E-state index in [1.807, 2.05) is 38.2 Å². The number of nitriles is 1. The molecule has 8 heteroatoms. The van der Waals surface area contributed by atoms with E-state index >= 15 is 0 Å². The molecule has 0 unspecified atom stereocenters. The molecule has 0 radical (unpaired) electrons. The monoisotopic (exact) mass is 437 g/mol. The van der Waals surface area contributed by atoms with Crippen molar-refractivity contribution in [1.29, 1.82) is 5.26 Å². The lowest BCUT2D eigenvalue weighted by atomic mass is 9.96. The van der Waals surface area contributed by atoms with Crippen molar-refractivity contribution in [1.82, 2.24) is 20.0 Å². The first-order valence-electron chi connectivity index (χ1n) is 11.4. The molecule has 2 heterocycles. The normalized spacial score (nSPS) is 14.9. The highest BCUT2D eigenvalue weighted by atomic mass is 16.5. The third kappa shape index (κ3) is 6.01. The van der Waals surface area contributed by atoms with E-state index in [1.165, 1.54) is 0 Å². The molecule has 0 bridgehead atoms. The molecule has 0 saturated carbocycles. The second kappa shape index (κ2) is 11.5. The van der Waals surface area contributed by atoms with Crippen LogP contribution >= 0.6 is 0 Å². The Bertz CT molecular complexity index is 936. The quantitative estimate of drug-likeness (QED) is 0.374. The van der Waals surface area contributed by atoms with Crippen LogP contribution in [0.5, 0.6) is 0 Å². The summed E-state index contributed by atoms with van der Waals surface area (Å²) in [5.41, 5.74) is 9.44. The lowest BCUT2D eigenvalue weighted by Gasteiger charge is -2.26. The molecular formula is C24H35N7O. The Kier molecular flexibility index (Phi) is 8.51. The number of aromatic nitrogens is 2. The minimum absolute atomic E-state index is 0.392. The molecule has 1 aliphatic heterocycles. The van der Waals surface area contributed by atoms with Crippen molar-refractivity contribution in [2.24, 2.45) is 10.9 Å². The number of aliphatic imine (C=N–C) groups is 1. The minimum atomic E-state index is 0.392. The fourth-order valence-electron chi connectivity index (χ4n) is 4.02. The molecule has 8 nitrogen and oxygen atoms in total. The van der Waals surface area contributed by atoms with Gasteiger partial charge in [0.25, 0.3) is 0 Å². The number of anilines is 1. The van der Waals surface area contributed by atoms with Crippen LogP contribution in [0.3, 0.4) is 0 Å². The highest BCUT2D eigenvalue weighted by molar-refractivity contribution is 5.79. The Morgan fingerprint density at radius 2 is 2.06 bits per heavy atom. The number of aryl methyl sites for hydroxylation is 2. The molecule has 3 rings (SSSR count). The molecule has 172 valence electrons. The summed E-state index contributed by atoms with van der Waals surface area (Å²) in [6.45, 7) is 5.52. The van der Waals surface area contributed by atoms with E-state index in [2.05, 4.69) is 33.4 Å². The van der Waals surface area contributed by atoms with Gasteiger partial charge >= 0.3 is 0 Å². The summed E-state index contributed by atoms with van der Waals surface area (Å²) in [7, 11) is 3.89. The molecule has 0 spiro atoms. The number of rotatable bonds is 8. The van der Waals surface area contributed by atoms with Crippen molar-refractivity contribution < 1.29 is 4.74 Å². The van der Waals surface area contributed by atoms with Crippen LogP contribution in [0.1, 0.15) is 42.5 Å². The number of nitrogen functional groups attached to an aromatic ring is 1. The SMILES string of the molecule is CN=C(NCCCc1nn(-c2ccc(C)cc2)c(N)c1C#N)N(C)CCC1CCOCC1. The highest BCUT2D eigenvalue weighted by Gasteiger charge is 2.17. The van der Waals surface area contributed by atoms with Crippen molar-refractivity contribution in [2.45, 2.75) is 39.0 Å². The first-order chi connectivity index (χ1) is 15.5. The molecule has 0 amide bonds. The van der Waals surface area contributed by atoms with Crippen LogP contribution in [0.2, 0.25) is 0 Å². The van der Waals surface area contributed by atoms with Gasteiger partial charge in [-0.1, -0.05) is 17.7 Å². The fourth-order valence-corrected chi connectivity index (χ4v) is 4.02. The van der Waals surface area contributed by atoms with Gasteiger partial charge in [-0.25, -0.2) is 4.68 Å². The standard InChI is InChI=1S/C24H35N7O/c1-18-6-8-20(9-7-18)31-23(26)21(17-25)22(29-31)5-4-13-28-24(27-2)30(3)14-10-19-11-15-32-16-12-19/h6-9,19H,4-5,10-16,26H2,1-3H3,(H,27,28). The predicted octanol–water partition coefficient (Wildman–Crippen LogP) is 2.89. The van der Waals surface area contributed by atoms with Crippen LogP contribution < -0.4 is 11.1 Å². The molecule has 1 aromatic heterocycles. The summed E-state index contributed by atoms with van der Waals surface area (Å²) in [5, 5.41) is 17.6. The van der Waals surface area contributed by atoms with Gasteiger partial charge in [-0.05, 0) is 57.1 Å². The Morgan fingerprint density at radius 1 is 1.34 bits per heavy atom. The molecule has 1 saturated heterocycles. The molecule has 3 N–H and O–H groups in total. The van der Waals surface area contributed by atoms with E-state index in [0.717, 1.165) is 80.8 Å². The van der Waals surface area contributed by atoms with Crippen molar-refractivity contribution in [3.8, 4) is 11.8 Å². The summed E-state index contributed by atoms with van der Waals surface area (Å²) >= 11 is 0. The molecule has 0 atom stereocenters. The first kappa shape index (κ1) is 23.6. The Balaban J connectivity index is 1.51. The molecule has 32 heavy (non-hydrogen) atoms. The van der Waals surface area contributed by atoms with Gasteiger partial charge in [0.2, 0.25) is 0 Å². The van der Waals surface area contributed by atoms with Gasteiger partial charge in [0.15, 0.2) is 5.96 Å². The topological polar surface area (TPSA) is 104 Å². The Hall–Kier alpha value is -3.05. The fraction of sp³-hybridized carbons (Fsp3) is 0.542. The number of benzene rings is 1. The van der Waals surface area contributed by atoms with Gasteiger partial charge in [-0.3, -0.25) is 4.99 Å². The zero-order valence-corrected chi connectivity index (χ0v) is 19.5. The predicted molar refractivity (Wildman–Crippen MR) is 128 cm³/mol. The minimum Gasteiger partial charge on any atom is -0.382 e. The smallest absolute Gasteiger partial charge is 0.193 e. The average molecular weight is 438 g/mol. The zero-order valence-electron chi connectivity index (χ0n) is 19.5. The summed E-state index contributed by atoms with van der Waals surface area (Å²) in [6.07, 6.45) is 4.95. The molecule has 1 fully saturated rings. The van der Waals surface area contributed by atoms with Crippen molar-refractivity contribution >= 4 is 11.8 Å². The average Bonchev–Trinajstić information content (AvgIpc) is 3.13. The molecule has 1 aromatic carbocycles. The van der Waals surface area contributed by atoms with Crippen molar-refractivity contribution in [3.05, 3.63) is 41.1 Å². The van der Waals surface area contributed by atoms with E-state index < -0.39 is 0 Å². The second-order valence-corrected chi connectivity index (χ2v) is 8.41. The Labute approximate surface area is 191 Å². The second-order valence-electron chi connectivity index (χ2n) is 8.41. The Morgan fingerprint density at radius 3 is 2.72 bits per heavy atom. The summed E-state index contributed by atoms with van der Waals surface area (Å²) < 4.78 is 7.10. The van der Waals surface area contributed by atoms with Gasteiger partial charge in [0, 0.05) is 40.4 Å². The van der Waals surface area contributed by atoms with Crippen LogP contribution in [0, 0.1) is 24.2 Å². The van der Waals surface area contributed by atoms with E-state index in [9.17, 15) is 5.26 Å². The van der Waals surface area contributed by atoms with Crippen molar-refractivity contribution in [2.75, 3.05) is 46.1 Å². The van der Waals surface area contributed by atoms with Gasteiger partial charge < -0.3 is 20.7 Å². The molecule has 2 aromatic rings. The number of ether oxygens (including phenoxy) is 1. The third-order valence-electron chi connectivity index (χ3n) is 6.04. The molecule has 0 aliphatic carbocycles. The van der Waals surface area contributed by atoms with Crippen LogP contribution in [0.4, 0.5) is 5.82 Å². The number of nitrogens with one attached hydrogen (secondary N) is 1. The number of nitrogens with zero attached hydrogens (tertiary/aromatic N) is 5. The zero-order chi connectivity index (χ0) is 22.9. The van der Waals surface area contributed by atoms with Crippen LogP contribution in [0.15, 0.2) is 29.3 Å². The highest BCUT2D eigenvalue weighted by Crippen LogP contribution is 2.22. The van der Waals surface area contributed by atoms with Crippen molar-refractivity contribution in [3.63, 3.8) is 0 Å². The summed E-state index contributed by atoms with van der Waals surface area (Å²) in [4.78, 5) is 6.59. The maximum absolute atomic E-state index is 9.59. The number of nitrogens with two attached hydrogens (primary N) is 1.